The number of carbonyl (C=O) groups is 1. The van der Waals surface area contributed by atoms with E-state index in [0.717, 1.165) is 11.3 Å². The standard InChI is InChI=1S/C22H19ClN2O3S/c23-20-9-5-4-8-18(20)15-24-29(27,28)19-10-11-21-17(14-19)12-13-25(21)22(26)16-6-2-1-3-7-16/h1-11,14,24H,12-13,15H2. The molecule has 29 heavy (non-hydrogen) atoms. The fourth-order valence-corrected chi connectivity index (χ4v) is 4.65. The minimum Gasteiger partial charge on any atom is -0.308 e. The molecular weight excluding hydrogens is 408 g/mol. The van der Waals surface area contributed by atoms with Gasteiger partial charge in [-0.25, -0.2) is 13.1 Å². The summed E-state index contributed by atoms with van der Waals surface area (Å²) in [4.78, 5) is 14.6. The minimum absolute atomic E-state index is 0.0863. The maximum atomic E-state index is 12.8. The van der Waals surface area contributed by atoms with Crippen LogP contribution in [0.1, 0.15) is 21.5 Å². The maximum absolute atomic E-state index is 12.8. The summed E-state index contributed by atoms with van der Waals surface area (Å²) < 4.78 is 28.0. The van der Waals surface area contributed by atoms with Gasteiger partial charge in [0.05, 0.1) is 4.90 Å². The van der Waals surface area contributed by atoms with Gasteiger partial charge < -0.3 is 4.90 Å². The van der Waals surface area contributed by atoms with Crippen molar-refractivity contribution in [3.63, 3.8) is 0 Å². The average Bonchev–Trinajstić information content (AvgIpc) is 3.16. The Balaban J connectivity index is 1.54. The topological polar surface area (TPSA) is 66.5 Å². The highest BCUT2D eigenvalue weighted by Gasteiger charge is 2.27. The van der Waals surface area contributed by atoms with Gasteiger partial charge in [-0.1, -0.05) is 48.0 Å². The van der Waals surface area contributed by atoms with Gasteiger partial charge in [0.25, 0.3) is 5.91 Å². The molecule has 1 amide bonds. The van der Waals surface area contributed by atoms with Gasteiger partial charge in [-0.05, 0) is 53.9 Å². The van der Waals surface area contributed by atoms with Crippen LogP contribution in [0.15, 0.2) is 77.7 Å². The van der Waals surface area contributed by atoms with Crippen molar-refractivity contribution in [3.8, 4) is 0 Å². The first kappa shape index (κ1) is 19.6. The van der Waals surface area contributed by atoms with E-state index in [1.807, 2.05) is 24.3 Å². The number of carbonyl (C=O) groups excluding carboxylic acids is 1. The lowest BCUT2D eigenvalue weighted by Crippen LogP contribution is -2.28. The number of amides is 1. The number of sulfonamides is 1. The van der Waals surface area contributed by atoms with Crippen LogP contribution in [-0.2, 0) is 23.0 Å². The monoisotopic (exact) mass is 426 g/mol. The van der Waals surface area contributed by atoms with Gasteiger partial charge in [0, 0.05) is 29.4 Å². The summed E-state index contributed by atoms with van der Waals surface area (Å²) >= 11 is 6.10. The van der Waals surface area contributed by atoms with Gasteiger partial charge in [-0.3, -0.25) is 4.79 Å². The van der Waals surface area contributed by atoms with Gasteiger partial charge in [0.15, 0.2) is 0 Å². The molecule has 4 rings (SSSR count). The largest absolute Gasteiger partial charge is 0.308 e. The van der Waals surface area contributed by atoms with Crippen LogP contribution in [0.25, 0.3) is 0 Å². The van der Waals surface area contributed by atoms with Gasteiger partial charge in [-0.15, -0.1) is 0 Å². The molecule has 3 aromatic carbocycles. The number of hydrogen-bond donors (Lipinski definition) is 1. The third-order valence-electron chi connectivity index (χ3n) is 4.93. The maximum Gasteiger partial charge on any atom is 0.258 e. The number of rotatable bonds is 5. The summed E-state index contributed by atoms with van der Waals surface area (Å²) in [5, 5.41) is 0.513. The lowest BCUT2D eigenvalue weighted by atomic mass is 10.1. The molecule has 3 aromatic rings. The molecule has 1 aliphatic heterocycles. The molecule has 0 spiro atoms. The summed E-state index contributed by atoms with van der Waals surface area (Å²) in [6, 6.07) is 21.0. The summed E-state index contributed by atoms with van der Waals surface area (Å²) in [7, 11) is -3.70. The highest BCUT2D eigenvalue weighted by Crippen LogP contribution is 2.31. The van der Waals surface area contributed by atoms with Crippen molar-refractivity contribution in [3.05, 3.63) is 94.5 Å². The third-order valence-corrected chi connectivity index (χ3v) is 6.70. The Bertz CT molecular complexity index is 1160. The zero-order valence-corrected chi connectivity index (χ0v) is 17.1. The summed E-state index contributed by atoms with van der Waals surface area (Å²) in [5.41, 5.74) is 2.91. The van der Waals surface area contributed by atoms with Crippen LogP contribution in [0.5, 0.6) is 0 Å². The summed E-state index contributed by atoms with van der Waals surface area (Å²) in [5.74, 6) is -0.0863. The quantitative estimate of drug-likeness (QED) is 0.670. The molecule has 1 N–H and O–H groups in total. The highest BCUT2D eigenvalue weighted by molar-refractivity contribution is 7.89. The number of nitrogens with zero attached hydrogens (tertiary/aromatic N) is 1. The fourth-order valence-electron chi connectivity index (χ4n) is 3.39. The van der Waals surface area contributed by atoms with E-state index in [2.05, 4.69) is 4.72 Å². The highest BCUT2D eigenvalue weighted by atomic mass is 35.5. The summed E-state index contributed by atoms with van der Waals surface area (Å²) in [6.45, 7) is 0.636. The Morgan fingerprint density at radius 2 is 1.72 bits per heavy atom. The normalized spacial score (nSPS) is 13.3. The van der Waals surface area contributed by atoms with Crippen LogP contribution in [0, 0.1) is 0 Å². The number of halogens is 1. The minimum atomic E-state index is -3.70. The Morgan fingerprint density at radius 3 is 2.48 bits per heavy atom. The number of hydrogen-bond acceptors (Lipinski definition) is 3. The van der Waals surface area contributed by atoms with E-state index in [0.29, 0.717) is 29.1 Å². The van der Waals surface area contributed by atoms with Crippen molar-refractivity contribution in [2.75, 3.05) is 11.4 Å². The van der Waals surface area contributed by atoms with E-state index in [1.165, 1.54) is 6.07 Å². The van der Waals surface area contributed by atoms with Crippen molar-refractivity contribution in [1.29, 1.82) is 0 Å². The van der Waals surface area contributed by atoms with Crippen molar-refractivity contribution in [2.24, 2.45) is 0 Å². The van der Waals surface area contributed by atoms with Crippen LogP contribution in [-0.4, -0.2) is 20.9 Å². The first-order chi connectivity index (χ1) is 14.0. The van der Waals surface area contributed by atoms with Gasteiger partial charge in [0.2, 0.25) is 10.0 Å². The lowest BCUT2D eigenvalue weighted by molar-refractivity contribution is 0.0989. The van der Waals surface area contributed by atoms with E-state index in [4.69, 9.17) is 11.6 Å². The smallest absolute Gasteiger partial charge is 0.258 e. The molecule has 148 valence electrons. The number of fused-ring (bicyclic) bond motifs is 1. The second-order valence-electron chi connectivity index (χ2n) is 6.78. The molecule has 1 aliphatic rings. The van der Waals surface area contributed by atoms with Crippen LogP contribution in [0.4, 0.5) is 5.69 Å². The Labute approximate surface area is 175 Å². The predicted molar refractivity (Wildman–Crippen MR) is 114 cm³/mol. The fraction of sp³-hybridized carbons (Fsp3) is 0.136. The van der Waals surface area contributed by atoms with E-state index in [9.17, 15) is 13.2 Å². The van der Waals surface area contributed by atoms with Crippen LogP contribution in [0.3, 0.4) is 0 Å². The Hall–Kier alpha value is -2.67. The first-order valence-electron chi connectivity index (χ1n) is 9.18. The lowest BCUT2D eigenvalue weighted by Gasteiger charge is -2.17. The molecule has 0 bridgehead atoms. The number of benzene rings is 3. The molecule has 0 radical (unpaired) electrons. The molecule has 1 heterocycles. The van der Waals surface area contributed by atoms with Crippen molar-refractivity contribution in [2.45, 2.75) is 17.9 Å². The second-order valence-corrected chi connectivity index (χ2v) is 8.95. The molecule has 0 unspecified atom stereocenters. The molecule has 0 aliphatic carbocycles. The van der Waals surface area contributed by atoms with Crippen molar-refractivity contribution >= 4 is 33.2 Å². The zero-order valence-electron chi connectivity index (χ0n) is 15.5. The van der Waals surface area contributed by atoms with Crippen molar-refractivity contribution in [1.82, 2.24) is 4.72 Å². The first-order valence-corrected chi connectivity index (χ1v) is 11.0. The zero-order chi connectivity index (χ0) is 20.4. The summed E-state index contributed by atoms with van der Waals surface area (Å²) in [6.07, 6.45) is 0.613. The Kier molecular flexibility index (Phi) is 5.41. The third kappa shape index (κ3) is 4.05. The van der Waals surface area contributed by atoms with Crippen LogP contribution in [0.2, 0.25) is 5.02 Å². The van der Waals surface area contributed by atoms with E-state index >= 15 is 0 Å². The molecule has 0 aromatic heterocycles. The molecule has 0 atom stereocenters. The van der Waals surface area contributed by atoms with E-state index in [1.54, 1.807) is 47.4 Å². The molecule has 0 fully saturated rings. The molecule has 5 nitrogen and oxygen atoms in total. The number of nitrogens with one attached hydrogen (secondary N) is 1. The second kappa shape index (κ2) is 7.99. The molecule has 7 heteroatoms. The van der Waals surface area contributed by atoms with Crippen LogP contribution >= 0.6 is 11.6 Å². The average molecular weight is 427 g/mol. The van der Waals surface area contributed by atoms with Crippen molar-refractivity contribution < 1.29 is 13.2 Å². The van der Waals surface area contributed by atoms with E-state index < -0.39 is 10.0 Å². The van der Waals surface area contributed by atoms with Gasteiger partial charge in [-0.2, -0.15) is 0 Å². The molecular formula is C22H19ClN2O3S. The molecule has 0 saturated heterocycles. The van der Waals surface area contributed by atoms with Gasteiger partial charge >= 0.3 is 0 Å². The molecule has 0 saturated carbocycles. The van der Waals surface area contributed by atoms with Crippen LogP contribution < -0.4 is 9.62 Å². The number of anilines is 1. The Morgan fingerprint density at radius 1 is 1.00 bits per heavy atom. The van der Waals surface area contributed by atoms with Gasteiger partial charge in [0.1, 0.15) is 0 Å². The predicted octanol–water partition coefficient (Wildman–Crippen LogP) is 4.02. The van der Waals surface area contributed by atoms with E-state index in [-0.39, 0.29) is 17.3 Å². The SMILES string of the molecule is O=C(c1ccccc1)N1CCc2cc(S(=O)(=O)NCc3ccccc3Cl)ccc21.